The molecule has 0 aliphatic heterocycles. The van der Waals surface area contributed by atoms with E-state index in [2.05, 4.69) is 6.92 Å². The van der Waals surface area contributed by atoms with E-state index in [1.807, 2.05) is 0 Å². The Morgan fingerprint density at radius 2 is 2.11 bits per heavy atom. The molecule has 0 radical (unpaired) electrons. The van der Waals surface area contributed by atoms with Gasteiger partial charge in [0.25, 0.3) is 0 Å². The lowest BCUT2D eigenvalue weighted by Crippen LogP contribution is -1.68. The lowest BCUT2D eigenvalue weighted by Gasteiger charge is -1.82. The second-order valence-electron chi connectivity index (χ2n) is 2.31. The van der Waals surface area contributed by atoms with Crippen molar-refractivity contribution in [3.63, 3.8) is 0 Å². The Labute approximate surface area is 57.6 Å². The van der Waals surface area contributed by atoms with Crippen molar-refractivity contribution in [1.29, 1.82) is 0 Å². The van der Waals surface area contributed by atoms with Gasteiger partial charge in [0.2, 0.25) is 0 Å². The molecule has 0 bridgehead atoms. The van der Waals surface area contributed by atoms with Gasteiger partial charge >= 0.3 is 8.69 Å². The monoisotopic (exact) mass is 148 g/mol. The van der Waals surface area contributed by atoms with Gasteiger partial charge < -0.3 is 4.89 Å². The molecule has 3 heteroatoms. The van der Waals surface area contributed by atoms with Crippen LogP contribution in [0, 0.1) is 5.92 Å². The lowest BCUT2D eigenvalue weighted by molar-refractivity contribution is 0.524. The van der Waals surface area contributed by atoms with Gasteiger partial charge in [-0.05, 0) is 5.92 Å². The first-order valence-corrected chi connectivity index (χ1v) is 4.08. The normalized spacial score (nSPS) is 16.7. The maximum absolute atomic E-state index is 8.46. The highest BCUT2D eigenvalue weighted by atomic mass is 31.1. The molecule has 0 aromatic heterocycles. The molecule has 0 unspecified atom stereocenters. The van der Waals surface area contributed by atoms with Gasteiger partial charge in [-0.2, -0.15) is 0 Å². The van der Waals surface area contributed by atoms with Crippen LogP contribution in [0.25, 0.3) is 0 Å². The summed E-state index contributed by atoms with van der Waals surface area (Å²) in [7, 11) is -0.833. The van der Waals surface area contributed by atoms with Gasteiger partial charge in [0.1, 0.15) is 0 Å². The molecule has 0 spiro atoms. The third-order valence-electron chi connectivity index (χ3n) is 1.39. The molecule has 1 aliphatic rings. The third-order valence-corrected chi connectivity index (χ3v) is 1.39. The Kier molecular flexibility index (Phi) is 6.23. The molecular formula is C6H13O2P. The minimum Gasteiger partial charge on any atom is -0.310 e. The highest BCUT2D eigenvalue weighted by Crippen LogP contribution is 2.32. The van der Waals surface area contributed by atoms with Crippen molar-refractivity contribution in [3.8, 4) is 0 Å². The van der Waals surface area contributed by atoms with Gasteiger partial charge in [0, 0.05) is 0 Å². The van der Waals surface area contributed by atoms with E-state index in [1.165, 1.54) is 25.7 Å². The average Bonchev–Trinajstić information content (AvgIpc) is 2.53. The highest BCUT2D eigenvalue weighted by molar-refractivity contribution is 7.16. The van der Waals surface area contributed by atoms with Crippen LogP contribution in [0.5, 0.6) is 0 Å². The first-order valence-electron chi connectivity index (χ1n) is 3.31. The van der Waals surface area contributed by atoms with Crippen LogP contribution in [0.4, 0.5) is 0 Å². The van der Waals surface area contributed by atoms with E-state index >= 15 is 0 Å². The predicted molar refractivity (Wildman–Crippen MR) is 37.5 cm³/mol. The zero-order chi connectivity index (χ0) is 7.11. The van der Waals surface area contributed by atoms with Gasteiger partial charge in [-0.15, -0.1) is 0 Å². The van der Waals surface area contributed by atoms with E-state index in [0.29, 0.717) is 0 Å². The average molecular weight is 148 g/mol. The molecule has 0 saturated heterocycles. The van der Waals surface area contributed by atoms with Crippen molar-refractivity contribution in [2.75, 3.05) is 0 Å². The Morgan fingerprint density at radius 1 is 1.67 bits per heavy atom. The summed E-state index contributed by atoms with van der Waals surface area (Å²) in [5, 5.41) is 0. The molecule has 0 aromatic carbocycles. The van der Waals surface area contributed by atoms with Crippen LogP contribution in [0.1, 0.15) is 32.6 Å². The van der Waals surface area contributed by atoms with Crippen LogP contribution in [0.15, 0.2) is 0 Å². The minimum atomic E-state index is -0.833. The van der Waals surface area contributed by atoms with Crippen LogP contribution in [-0.2, 0) is 4.57 Å². The van der Waals surface area contributed by atoms with E-state index in [1.54, 1.807) is 0 Å². The summed E-state index contributed by atoms with van der Waals surface area (Å²) in [6.45, 7) is 2.26. The minimum absolute atomic E-state index is 0.833. The zero-order valence-electron chi connectivity index (χ0n) is 5.71. The number of hydrogen-bond acceptors (Lipinski definition) is 1. The summed E-state index contributed by atoms with van der Waals surface area (Å²) in [5.41, 5.74) is 0. The number of hydrogen-bond donors (Lipinski definition) is 1. The zero-order valence-corrected chi connectivity index (χ0v) is 6.60. The molecule has 1 rings (SSSR count). The van der Waals surface area contributed by atoms with Crippen molar-refractivity contribution < 1.29 is 9.46 Å². The van der Waals surface area contributed by atoms with E-state index in [9.17, 15) is 0 Å². The molecule has 0 heterocycles. The summed E-state index contributed by atoms with van der Waals surface area (Å²) in [6, 6.07) is 0. The molecule has 2 nitrogen and oxygen atoms in total. The molecule has 1 saturated carbocycles. The first kappa shape index (κ1) is 9.06. The standard InChI is InChI=1S/C6H12.HO2P/c1-2-3-6-4-5-6;1-3-2/h6H,2-5H2,1H3;(H,1,2). The molecule has 9 heavy (non-hydrogen) atoms. The van der Waals surface area contributed by atoms with Crippen LogP contribution >= 0.6 is 8.69 Å². The Bertz CT molecular complexity index is 71.5. The van der Waals surface area contributed by atoms with Crippen LogP contribution < -0.4 is 0 Å². The van der Waals surface area contributed by atoms with Crippen LogP contribution in [-0.4, -0.2) is 4.89 Å². The smallest absolute Gasteiger partial charge is 0.310 e. The topological polar surface area (TPSA) is 37.3 Å². The fourth-order valence-corrected chi connectivity index (χ4v) is 0.815. The Morgan fingerprint density at radius 3 is 2.22 bits per heavy atom. The summed E-state index contributed by atoms with van der Waals surface area (Å²) in [5.74, 6) is 1.15. The molecule has 0 amide bonds. The van der Waals surface area contributed by atoms with Gasteiger partial charge in [0.15, 0.2) is 0 Å². The van der Waals surface area contributed by atoms with Crippen molar-refractivity contribution in [2.24, 2.45) is 5.92 Å². The molecule has 0 aromatic rings. The fraction of sp³-hybridized carbons (Fsp3) is 1.00. The van der Waals surface area contributed by atoms with Crippen molar-refractivity contribution >= 4 is 8.69 Å². The first-order chi connectivity index (χ1) is 4.35. The second kappa shape index (κ2) is 6.18. The van der Waals surface area contributed by atoms with E-state index in [-0.39, 0.29) is 0 Å². The number of rotatable bonds is 2. The molecule has 1 N–H and O–H groups in total. The molecular weight excluding hydrogens is 135 g/mol. The molecule has 1 fully saturated rings. The Balaban J connectivity index is 0.000000187. The molecule has 0 atom stereocenters. The van der Waals surface area contributed by atoms with Gasteiger partial charge in [0.05, 0.1) is 0 Å². The van der Waals surface area contributed by atoms with Crippen LogP contribution in [0.3, 0.4) is 0 Å². The quantitative estimate of drug-likeness (QED) is 0.610. The third kappa shape index (κ3) is 8.06. The molecule has 1 aliphatic carbocycles. The summed E-state index contributed by atoms with van der Waals surface area (Å²) in [6.07, 6.45) is 5.92. The van der Waals surface area contributed by atoms with Crippen molar-refractivity contribution in [1.82, 2.24) is 0 Å². The summed E-state index contributed by atoms with van der Waals surface area (Å²) >= 11 is 0. The van der Waals surface area contributed by atoms with Crippen LogP contribution in [0.2, 0.25) is 0 Å². The molecule has 54 valence electrons. The highest BCUT2D eigenvalue weighted by Gasteiger charge is 2.18. The predicted octanol–water partition coefficient (Wildman–Crippen LogP) is 2.38. The van der Waals surface area contributed by atoms with E-state index < -0.39 is 8.69 Å². The second-order valence-corrected chi connectivity index (χ2v) is 2.48. The fourth-order valence-electron chi connectivity index (χ4n) is 0.815. The lowest BCUT2D eigenvalue weighted by atomic mass is 10.2. The maximum atomic E-state index is 8.46. The van der Waals surface area contributed by atoms with E-state index in [4.69, 9.17) is 9.46 Å². The Hall–Kier alpha value is 0.0600. The van der Waals surface area contributed by atoms with Crippen molar-refractivity contribution in [2.45, 2.75) is 32.6 Å². The SMILES string of the molecule is CCCC1CC1.O=PO. The van der Waals surface area contributed by atoms with Gasteiger partial charge in [-0.25, -0.2) is 4.57 Å². The van der Waals surface area contributed by atoms with Crippen molar-refractivity contribution in [3.05, 3.63) is 0 Å². The van der Waals surface area contributed by atoms with E-state index in [0.717, 1.165) is 5.92 Å². The summed E-state index contributed by atoms with van der Waals surface area (Å²) < 4.78 is 8.46. The maximum Gasteiger partial charge on any atom is 0.324 e. The van der Waals surface area contributed by atoms with Gasteiger partial charge in [-0.1, -0.05) is 32.6 Å². The summed E-state index contributed by atoms with van der Waals surface area (Å²) in [4.78, 5) is 6.99. The van der Waals surface area contributed by atoms with Gasteiger partial charge in [-0.3, -0.25) is 0 Å². The largest absolute Gasteiger partial charge is 0.324 e.